The number of aromatic nitrogens is 2. The summed E-state index contributed by atoms with van der Waals surface area (Å²) in [5.74, 6) is -0.252. The van der Waals surface area contributed by atoms with Gasteiger partial charge in [0.05, 0.1) is 12.2 Å². The van der Waals surface area contributed by atoms with E-state index in [1.54, 1.807) is 22.9 Å². The Morgan fingerprint density at radius 3 is 2.48 bits per heavy atom. The van der Waals surface area contributed by atoms with E-state index in [1.807, 2.05) is 6.07 Å². The average molecular weight is 361 g/mol. The molecule has 0 aliphatic carbocycles. The van der Waals surface area contributed by atoms with Crippen molar-refractivity contribution in [1.82, 2.24) is 9.78 Å². The van der Waals surface area contributed by atoms with Gasteiger partial charge in [0.15, 0.2) is 0 Å². The van der Waals surface area contributed by atoms with Crippen molar-refractivity contribution < 1.29 is 17.9 Å². The summed E-state index contributed by atoms with van der Waals surface area (Å²) in [6, 6.07) is 7.49. The van der Waals surface area contributed by atoms with Crippen LogP contribution in [-0.4, -0.2) is 16.1 Å². The van der Waals surface area contributed by atoms with Gasteiger partial charge in [-0.1, -0.05) is 22.0 Å². The van der Waals surface area contributed by atoms with Gasteiger partial charge in [-0.2, -0.15) is 5.10 Å². The summed E-state index contributed by atoms with van der Waals surface area (Å²) in [6.07, 6.45) is -2.96. The zero-order chi connectivity index (χ0) is 15.5. The number of nitrogens with zero attached hydrogens (tertiary/aromatic N) is 2. The lowest BCUT2D eigenvalue weighted by Crippen LogP contribution is -2.16. The minimum absolute atomic E-state index is 0.252. The van der Waals surface area contributed by atoms with Crippen LogP contribution in [0.25, 0.3) is 11.3 Å². The Hall–Kier alpha value is -1.76. The molecule has 0 fully saturated rings. The van der Waals surface area contributed by atoms with Crippen LogP contribution < -0.4 is 4.74 Å². The van der Waals surface area contributed by atoms with Gasteiger partial charge in [0.25, 0.3) is 0 Å². The van der Waals surface area contributed by atoms with E-state index in [-0.39, 0.29) is 5.75 Å². The zero-order valence-electron chi connectivity index (χ0n) is 10.9. The lowest BCUT2D eigenvalue weighted by atomic mass is 10.1. The van der Waals surface area contributed by atoms with Crippen molar-refractivity contribution in [3.05, 3.63) is 48.7 Å². The molecule has 0 spiro atoms. The maximum absolute atomic E-state index is 12.1. The van der Waals surface area contributed by atoms with Crippen molar-refractivity contribution in [3.8, 4) is 17.0 Å². The summed E-state index contributed by atoms with van der Waals surface area (Å²) in [5, 5.41) is 5.03. The number of hydrogen-bond donors (Lipinski definition) is 0. The minimum atomic E-state index is -4.68. The molecule has 1 aromatic heterocycles. The number of hydrogen-bond acceptors (Lipinski definition) is 2. The Labute approximate surface area is 128 Å². The van der Waals surface area contributed by atoms with E-state index >= 15 is 0 Å². The highest BCUT2D eigenvalue weighted by molar-refractivity contribution is 9.08. The molecular formula is C14H12BrF3N2O. The number of halogens is 4. The molecule has 0 atom stereocenters. The Balaban J connectivity index is 2.24. The van der Waals surface area contributed by atoms with Gasteiger partial charge in [-0.25, -0.2) is 0 Å². The lowest BCUT2D eigenvalue weighted by Gasteiger charge is -2.08. The number of allylic oxidation sites excluding steroid dienone is 1. The van der Waals surface area contributed by atoms with E-state index in [9.17, 15) is 13.2 Å². The minimum Gasteiger partial charge on any atom is -0.406 e. The molecule has 0 amide bonds. The van der Waals surface area contributed by atoms with Gasteiger partial charge in [0.2, 0.25) is 0 Å². The van der Waals surface area contributed by atoms with Crippen LogP contribution in [-0.2, 0) is 11.9 Å². The highest BCUT2D eigenvalue weighted by Gasteiger charge is 2.30. The molecule has 0 aliphatic rings. The molecule has 0 unspecified atom stereocenters. The average Bonchev–Trinajstić information content (AvgIpc) is 2.81. The molecule has 0 bridgehead atoms. The van der Waals surface area contributed by atoms with Crippen LogP contribution >= 0.6 is 15.9 Å². The van der Waals surface area contributed by atoms with Gasteiger partial charge in [-0.05, 0) is 30.3 Å². The Bertz CT molecular complexity index is 620. The van der Waals surface area contributed by atoms with E-state index in [1.165, 1.54) is 12.1 Å². The largest absolute Gasteiger partial charge is 0.573 e. The van der Waals surface area contributed by atoms with Crippen molar-refractivity contribution in [2.75, 3.05) is 0 Å². The fourth-order valence-electron chi connectivity index (χ4n) is 1.81. The Kier molecular flexibility index (Phi) is 4.72. The first-order chi connectivity index (χ1) is 9.93. The predicted molar refractivity (Wildman–Crippen MR) is 77.2 cm³/mol. The molecule has 0 aliphatic heterocycles. The second-order valence-electron chi connectivity index (χ2n) is 4.20. The molecule has 2 aromatic rings. The van der Waals surface area contributed by atoms with E-state index < -0.39 is 6.36 Å². The van der Waals surface area contributed by atoms with Gasteiger partial charge in [-0.3, -0.25) is 4.68 Å². The zero-order valence-corrected chi connectivity index (χ0v) is 12.5. The van der Waals surface area contributed by atoms with E-state index in [4.69, 9.17) is 0 Å². The molecule has 2 rings (SSSR count). The smallest absolute Gasteiger partial charge is 0.406 e. The van der Waals surface area contributed by atoms with Gasteiger partial charge < -0.3 is 4.74 Å². The van der Waals surface area contributed by atoms with Crippen molar-refractivity contribution in [2.45, 2.75) is 18.2 Å². The molecule has 21 heavy (non-hydrogen) atoms. The molecule has 0 radical (unpaired) electrons. The normalized spacial score (nSPS) is 11.4. The number of ether oxygens (including phenoxy) is 1. The van der Waals surface area contributed by atoms with E-state index in [2.05, 4.69) is 32.3 Å². The van der Waals surface area contributed by atoms with Crippen LogP contribution in [0.3, 0.4) is 0 Å². The summed E-state index contributed by atoms with van der Waals surface area (Å²) in [5.41, 5.74) is 2.36. The van der Waals surface area contributed by atoms with Crippen LogP contribution in [0.5, 0.6) is 5.75 Å². The Morgan fingerprint density at radius 2 is 1.95 bits per heavy atom. The van der Waals surface area contributed by atoms with E-state index in [0.29, 0.717) is 17.6 Å². The standard InChI is InChI=1S/C14H12BrF3N2O/c1-2-7-20-11(9-15)8-13(19-20)10-3-5-12(6-4-10)21-14(16,17)18/h2-6,8H,1,7,9H2. The second-order valence-corrected chi connectivity index (χ2v) is 4.76. The summed E-state index contributed by atoms with van der Waals surface area (Å²) in [4.78, 5) is 0. The van der Waals surface area contributed by atoms with Crippen LogP contribution in [0.15, 0.2) is 43.0 Å². The molecule has 0 saturated carbocycles. The van der Waals surface area contributed by atoms with Crippen molar-refractivity contribution >= 4 is 15.9 Å². The SMILES string of the molecule is C=CCn1nc(-c2ccc(OC(F)(F)F)cc2)cc1CBr. The quantitative estimate of drug-likeness (QED) is 0.578. The molecule has 0 N–H and O–H groups in total. The molecule has 112 valence electrons. The first-order valence-electron chi connectivity index (χ1n) is 6.02. The van der Waals surface area contributed by atoms with Crippen molar-refractivity contribution in [2.24, 2.45) is 0 Å². The van der Waals surface area contributed by atoms with Crippen LogP contribution in [0.2, 0.25) is 0 Å². The molecular weight excluding hydrogens is 349 g/mol. The summed E-state index contributed by atoms with van der Waals surface area (Å²) in [7, 11) is 0. The topological polar surface area (TPSA) is 27.1 Å². The molecule has 1 heterocycles. The maximum Gasteiger partial charge on any atom is 0.573 e. The van der Waals surface area contributed by atoms with Crippen molar-refractivity contribution in [1.29, 1.82) is 0 Å². The van der Waals surface area contributed by atoms with Gasteiger partial charge in [0, 0.05) is 16.6 Å². The lowest BCUT2D eigenvalue weighted by molar-refractivity contribution is -0.274. The molecule has 3 nitrogen and oxygen atoms in total. The van der Waals surface area contributed by atoms with Gasteiger partial charge >= 0.3 is 6.36 Å². The summed E-state index contributed by atoms with van der Waals surface area (Å²) >= 11 is 3.37. The highest BCUT2D eigenvalue weighted by Crippen LogP contribution is 2.26. The molecule has 7 heteroatoms. The van der Waals surface area contributed by atoms with E-state index in [0.717, 1.165) is 11.3 Å². The molecule has 1 aromatic carbocycles. The number of alkyl halides is 4. The third kappa shape index (κ3) is 4.10. The van der Waals surface area contributed by atoms with Crippen LogP contribution in [0.4, 0.5) is 13.2 Å². The van der Waals surface area contributed by atoms with Crippen LogP contribution in [0, 0.1) is 0 Å². The van der Waals surface area contributed by atoms with Gasteiger partial charge in [-0.15, -0.1) is 19.8 Å². The second kappa shape index (κ2) is 6.34. The number of rotatable bonds is 5. The number of benzene rings is 1. The van der Waals surface area contributed by atoms with Crippen LogP contribution in [0.1, 0.15) is 5.69 Å². The van der Waals surface area contributed by atoms with Crippen molar-refractivity contribution in [3.63, 3.8) is 0 Å². The van der Waals surface area contributed by atoms with Gasteiger partial charge in [0.1, 0.15) is 5.75 Å². The summed E-state index contributed by atoms with van der Waals surface area (Å²) in [6.45, 7) is 4.23. The third-order valence-corrected chi connectivity index (χ3v) is 3.26. The maximum atomic E-state index is 12.1. The first kappa shape index (κ1) is 15.6. The third-order valence-electron chi connectivity index (χ3n) is 2.69. The fraction of sp³-hybridized carbons (Fsp3) is 0.214. The first-order valence-corrected chi connectivity index (χ1v) is 7.15. The fourth-order valence-corrected chi connectivity index (χ4v) is 2.26. The molecule has 0 saturated heterocycles. The monoisotopic (exact) mass is 360 g/mol. The Morgan fingerprint density at radius 1 is 1.29 bits per heavy atom. The predicted octanol–water partition coefficient (Wildman–Crippen LogP) is 4.53. The highest BCUT2D eigenvalue weighted by atomic mass is 79.9. The summed E-state index contributed by atoms with van der Waals surface area (Å²) < 4.78 is 41.9.